The molecule has 0 aromatic heterocycles. The van der Waals surface area contributed by atoms with Crippen molar-refractivity contribution in [3.8, 4) is 0 Å². The summed E-state index contributed by atoms with van der Waals surface area (Å²) in [5.74, 6) is 2.67. The largest absolute Gasteiger partial charge is 0.299 e. The molecule has 0 amide bonds. The van der Waals surface area contributed by atoms with E-state index < -0.39 is 0 Å². The molecule has 16 heavy (non-hydrogen) atoms. The molecule has 0 saturated heterocycles. The SMILES string of the molecule is CC1CCCC(C(=O)CCC2CCCC2)C1. The van der Waals surface area contributed by atoms with Crippen molar-refractivity contribution < 1.29 is 4.79 Å². The number of ketones is 1. The van der Waals surface area contributed by atoms with E-state index in [-0.39, 0.29) is 0 Å². The zero-order valence-electron chi connectivity index (χ0n) is 10.7. The maximum absolute atomic E-state index is 12.1. The molecular weight excluding hydrogens is 196 g/mol. The summed E-state index contributed by atoms with van der Waals surface area (Å²) in [4.78, 5) is 12.1. The van der Waals surface area contributed by atoms with Crippen LogP contribution in [0.15, 0.2) is 0 Å². The van der Waals surface area contributed by atoms with Crippen LogP contribution in [0.2, 0.25) is 0 Å². The minimum absolute atomic E-state index is 0.421. The Morgan fingerprint density at radius 3 is 2.50 bits per heavy atom. The number of carbonyl (C=O) groups excluding carboxylic acids is 1. The van der Waals surface area contributed by atoms with Gasteiger partial charge in [0.15, 0.2) is 0 Å². The third kappa shape index (κ3) is 3.33. The van der Waals surface area contributed by atoms with E-state index >= 15 is 0 Å². The highest BCUT2D eigenvalue weighted by Crippen LogP contribution is 2.32. The zero-order valence-corrected chi connectivity index (χ0v) is 10.7. The van der Waals surface area contributed by atoms with E-state index in [0.717, 1.165) is 18.3 Å². The van der Waals surface area contributed by atoms with Crippen LogP contribution in [0, 0.1) is 17.8 Å². The van der Waals surface area contributed by atoms with Crippen molar-refractivity contribution in [1.82, 2.24) is 0 Å². The molecule has 2 rings (SSSR count). The van der Waals surface area contributed by atoms with E-state index in [1.165, 1.54) is 57.8 Å². The van der Waals surface area contributed by atoms with Crippen LogP contribution in [0.1, 0.15) is 71.1 Å². The van der Waals surface area contributed by atoms with Gasteiger partial charge in [-0.15, -0.1) is 0 Å². The molecule has 0 bridgehead atoms. The van der Waals surface area contributed by atoms with Crippen molar-refractivity contribution in [1.29, 1.82) is 0 Å². The number of rotatable bonds is 4. The van der Waals surface area contributed by atoms with Crippen LogP contribution in [-0.4, -0.2) is 5.78 Å². The maximum atomic E-state index is 12.1. The molecule has 1 heteroatoms. The molecule has 0 aliphatic heterocycles. The monoisotopic (exact) mass is 222 g/mol. The Kier molecular flexibility index (Phi) is 4.43. The molecule has 0 aromatic rings. The molecule has 0 radical (unpaired) electrons. The van der Waals surface area contributed by atoms with E-state index in [9.17, 15) is 4.79 Å². The third-order valence-electron chi connectivity index (χ3n) is 4.67. The van der Waals surface area contributed by atoms with Crippen molar-refractivity contribution in [3.05, 3.63) is 0 Å². The van der Waals surface area contributed by atoms with Gasteiger partial charge in [0, 0.05) is 12.3 Å². The van der Waals surface area contributed by atoms with E-state index in [1.807, 2.05) is 0 Å². The lowest BCUT2D eigenvalue weighted by atomic mass is 9.79. The molecule has 1 nitrogen and oxygen atoms in total. The van der Waals surface area contributed by atoms with Crippen LogP contribution < -0.4 is 0 Å². The van der Waals surface area contributed by atoms with Crippen molar-refractivity contribution in [3.63, 3.8) is 0 Å². The van der Waals surface area contributed by atoms with Crippen molar-refractivity contribution in [2.45, 2.75) is 71.1 Å². The van der Waals surface area contributed by atoms with Crippen LogP contribution in [0.5, 0.6) is 0 Å². The molecule has 2 aliphatic rings. The first-order valence-corrected chi connectivity index (χ1v) is 7.28. The molecule has 0 N–H and O–H groups in total. The Morgan fingerprint density at radius 2 is 1.81 bits per heavy atom. The Bertz CT molecular complexity index is 228. The molecule has 2 saturated carbocycles. The zero-order chi connectivity index (χ0) is 11.4. The van der Waals surface area contributed by atoms with Gasteiger partial charge in [-0.3, -0.25) is 4.79 Å². The molecule has 92 valence electrons. The number of hydrogen-bond donors (Lipinski definition) is 0. The molecule has 0 aromatic carbocycles. The van der Waals surface area contributed by atoms with Crippen LogP contribution in [0.25, 0.3) is 0 Å². The highest BCUT2D eigenvalue weighted by molar-refractivity contribution is 5.81. The van der Waals surface area contributed by atoms with Crippen molar-refractivity contribution in [2.24, 2.45) is 17.8 Å². The quantitative estimate of drug-likeness (QED) is 0.691. The summed E-state index contributed by atoms with van der Waals surface area (Å²) in [5, 5.41) is 0. The van der Waals surface area contributed by atoms with Crippen LogP contribution in [0.3, 0.4) is 0 Å². The fourth-order valence-corrected chi connectivity index (χ4v) is 3.58. The summed E-state index contributed by atoms with van der Waals surface area (Å²) in [7, 11) is 0. The number of hydrogen-bond acceptors (Lipinski definition) is 1. The van der Waals surface area contributed by atoms with Crippen molar-refractivity contribution >= 4 is 5.78 Å². The van der Waals surface area contributed by atoms with Gasteiger partial charge < -0.3 is 0 Å². The number of carbonyl (C=O) groups is 1. The Balaban J connectivity index is 1.70. The molecular formula is C15H26O. The van der Waals surface area contributed by atoms with Gasteiger partial charge in [-0.2, -0.15) is 0 Å². The van der Waals surface area contributed by atoms with E-state index in [1.54, 1.807) is 0 Å². The van der Waals surface area contributed by atoms with Crippen LogP contribution in [-0.2, 0) is 4.79 Å². The molecule has 2 atom stereocenters. The summed E-state index contributed by atoms with van der Waals surface area (Å²) < 4.78 is 0. The summed E-state index contributed by atoms with van der Waals surface area (Å²) >= 11 is 0. The second-order valence-corrected chi connectivity index (χ2v) is 6.12. The van der Waals surface area contributed by atoms with Crippen molar-refractivity contribution in [2.75, 3.05) is 0 Å². The van der Waals surface area contributed by atoms with Gasteiger partial charge in [0.1, 0.15) is 5.78 Å². The lowest BCUT2D eigenvalue weighted by Crippen LogP contribution is -2.22. The normalized spacial score (nSPS) is 31.8. The van der Waals surface area contributed by atoms with Crippen LogP contribution >= 0.6 is 0 Å². The second-order valence-electron chi connectivity index (χ2n) is 6.12. The minimum atomic E-state index is 0.421. The third-order valence-corrected chi connectivity index (χ3v) is 4.67. The summed E-state index contributed by atoms with van der Waals surface area (Å²) in [6.07, 6.45) is 12.6. The molecule has 0 spiro atoms. The average Bonchev–Trinajstić information content (AvgIpc) is 2.78. The average molecular weight is 222 g/mol. The standard InChI is InChI=1S/C15H26O/c1-12-5-4-8-14(11-12)15(16)10-9-13-6-2-3-7-13/h12-14H,2-11H2,1H3. The smallest absolute Gasteiger partial charge is 0.135 e. The fraction of sp³-hybridized carbons (Fsp3) is 0.933. The molecule has 2 unspecified atom stereocenters. The first kappa shape index (κ1) is 12.1. The predicted octanol–water partition coefficient (Wildman–Crippen LogP) is 4.35. The first-order chi connectivity index (χ1) is 7.75. The van der Waals surface area contributed by atoms with Gasteiger partial charge in [-0.05, 0) is 31.1 Å². The first-order valence-electron chi connectivity index (χ1n) is 7.28. The lowest BCUT2D eigenvalue weighted by Gasteiger charge is -2.25. The lowest BCUT2D eigenvalue weighted by molar-refractivity contribution is -0.124. The van der Waals surface area contributed by atoms with E-state index in [2.05, 4.69) is 6.92 Å². The van der Waals surface area contributed by atoms with E-state index in [4.69, 9.17) is 0 Å². The summed E-state index contributed by atoms with van der Waals surface area (Å²) in [5.41, 5.74) is 0. The minimum Gasteiger partial charge on any atom is -0.299 e. The van der Waals surface area contributed by atoms with Gasteiger partial charge in [0.05, 0.1) is 0 Å². The Hall–Kier alpha value is -0.330. The van der Waals surface area contributed by atoms with Gasteiger partial charge in [-0.1, -0.05) is 45.4 Å². The van der Waals surface area contributed by atoms with Gasteiger partial charge in [0.25, 0.3) is 0 Å². The van der Waals surface area contributed by atoms with E-state index in [0.29, 0.717) is 11.7 Å². The topological polar surface area (TPSA) is 17.1 Å². The predicted molar refractivity (Wildman–Crippen MR) is 67.3 cm³/mol. The Morgan fingerprint density at radius 1 is 1.06 bits per heavy atom. The van der Waals surface area contributed by atoms with Gasteiger partial charge in [-0.25, -0.2) is 0 Å². The molecule has 0 heterocycles. The Labute approximate surface area is 100.0 Å². The van der Waals surface area contributed by atoms with Gasteiger partial charge in [0.2, 0.25) is 0 Å². The summed E-state index contributed by atoms with van der Waals surface area (Å²) in [6, 6.07) is 0. The molecule has 2 aliphatic carbocycles. The number of Topliss-reactive ketones (excluding diaryl/α,β-unsaturated/α-hetero) is 1. The van der Waals surface area contributed by atoms with Crippen LogP contribution in [0.4, 0.5) is 0 Å². The maximum Gasteiger partial charge on any atom is 0.135 e. The fourth-order valence-electron chi connectivity index (χ4n) is 3.58. The molecule has 2 fully saturated rings. The van der Waals surface area contributed by atoms with Gasteiger partial charge >= 0.3 is 0 Å². The second kappa shape index (κ2) is 5.84. The summed E-state index contributed by atoms with van der Waals surface area (Å²) in [6.45, 7) is 2.30. The highest BCUT2D eigenvalue weighted by atomic mass is 16.1. The highest BCUT2D eigenvalue weighted by Gasteiger charge is 2.25.